The van der Waals surface area contributed by atoms with Crippen molar-refractivity contribution in [2.24, 2.45) is 0 Å². The molecule has 2 rings (SSSR count). The fraction of sp³-hybridized carbons (Fsp3) is 0.462. The Bertz CT molecular complexity index is 470. The van der Waals surface area contributed by atoms with Crippen LogP contribution in [0.1, 0.15) is 36.5 Å². The van der Waals surface area contributed by atoms with Crippen LogP contribution in [-0.4, -0.2) is 27.9 Å². The molecule has 2 unspecified atom stereocenters. The van der Waals surface area contributed by atoms with E-state index in [4.69, 9.17) is 9.84 Å². The number of halogens is 1. The van der Waals surface area contributed by atoms with Crippen molar-refractivity contribution in [3.63, 3.8) is 0 Å². The Labute approximate surface area is 104 Å². The highest BCUT2D eigenvalue weighted by Crippen LogP contribution is 2.33. The summed E-state index contributed by atoms with van der Waals surface area (Å²) in [7, 11) is 0. The molecule has 2 N–H and O–H groups in total. The van der Waals surface area contributed by atoms with Gasteiger partial charge in [-0.3, -0.25) is 0 Å². The molecule has 1 saturated carbocycles. The van der Waals surface area contributed by atoms with Gasteiger partial charge in [0.05, 0.1) is 11.2 Å². The summed E-state index contributed by atoms with van der Waals surface area (Å²) in [6, 6.07) is 3.49. The average molecular weight is 254 g/mol. The predicted molar refractivity (Wildman–Crippen MR) is 62.3 cm³/mol. The van der Waals surface area contributed by atoms with E-state index in [0.29, 0.717) is 12.8 Å². The molecule has 18 heavy (non-hydrogen) atoms. The molecule has 1 aromatic carbocycles. The maximum Gasteiger partial charge on any atom is 0.335 e. The summed E-state index contributed by atoms with van der Waals surface area (Å²) in [5.74, 6) is -1.93. The van der Waals surface area contributed by atoms with Gasteiger partial charge < -0.3 is 14.9 Å². The molecule has 0 heterocycles. The first-order valence-corrected chi connectivity index (χ1v) is 5.82. The van der Waals surface area contributed by atoms with Crippen LogP contribution >= 0.6 is 0 Å². The van der Waals surface area contributed by atoms with Gasteiger partial charge in [-0.2, -0.15) is 0 Å². The quantitative estimate of drug-likeness (QED) is 0.867. The number of benzene rings is 1. The molecule has 5 heteroatoms. The molecule has 1 fully saturated rings. The summed E-state index contributed by atoms with van der Waals surface area (Å²) < 4.78 is 19.1. The van der Waals surface area contributed by atoms with Gasteiger partial charge in [-0.05, 0) is 44.4 Å². The minimum Gasteiger partial charge on any atom is -0.484 e. The molecular formula is C13H15FO4. The van der Waals surface area contributed by atoms with Crippen molar-refractivity contribution in [3.05, 3.63) is 29.6 Å². The fourth-order valence-corrected chi connectivity index (χ4v) is 2.19. The molecule has 2 atom stereocenters. The van der Waals surface area contributed by atoms with E-state index in [1.54, 1.807) is 6.92 Å². The van der Waals surface area contributed by atoms with Gasteiger partial charge in [-0.1, -0.05) is 0 Å². The maximum atomic E-state index is 13.6. The monoisotopic (exact) mass is 254 g/mol. The van der Waals surface area contributed by atoms with Gasteiger partial charge in [0.2, 0.25) is 0 Å². The van der Waals surface area contributed by atoms with Gasteiger partial charge in [0.25, 0.3) is 0 Å². The van der Waals surface area contributed by atoms with E-state index in [1.807, 2.05) is 0 Å². The summed E-state index contributed by atoms with van der Waals surface area (Å²) in [5, 5.41) is 18.7. The van der Waals surface area contributed by atoms with Gasteiger partial charge >= 0.3 is 5.97 Å². The molecule has 1 aromatic rings. The molecule has 1 aliphatic carbocycles. The normalized spacial score (nSPS) is 27.2. The van der Waals surface area contributed by atoms with Crippen LogP contribution in [0.4, 0.5) is 4.39 Å². The smallest absolute Gasteiger partial charge is 0.335 e. The van der Waals surface area contributed by atoms with Crippen molar-refractivity contribution >= 4 is 5.97 Å². The van der Waals surface area contributed by atoms with Crippen LogP contribution in [0.15, 0.2) is 18.2 Å². The standard InChI is InChI=1S/C13H15FO4/c1-13(17)6-2-3-11(13)18-10-5-4-8(12(15)16)7-9(10)14/h4-5,7,11,17H,2-3,6H2,1H3,(H,15,16). The van der Waals surface area contributed by atoms with E-state index in [0.717, 1.165) is 12.5 Å². The van der Waals surface area contributed by atoms with Crippen LogP contribution in [0.2, 0.25) is 0 Å². The van der Waals surface area contributed by atoms with Crippen LogP contribution in [0, 0.1) is 5.82 Å². The van der Waals surface area contributed by atoms with E-state index in [1.165, 1.54) is 12.1 Å². The minimum atomic E-state index is -1.19. The van der Waals surface area contributed by atoms with Crippen LogP contribution in [-0.2, 0) is 0 Å². The topological polar surface area (TPSA) is 66.8 Å². The molecule has 98 valence electrons. The molecular weight excluding hydrogens is 239 g/mol. The van der Waals surface area contributed by atoms with E-state index in [2.05, 4.69) is 0 Å². The largest absolute Gasteiger partial charge is 0.484 e. The lowest BCUT2D eigenvalue weighted by Crippen LogP contribution is -2.38. The molecule has 4 nitrogen and oxygen atoms in total. The number of carbonyl (C=O) groups is 1. The van der Waals surface area contributed by atoms with Gasteiger partial charge in [0.1, 0.15) is 6.10 Å². The minimum absolute atomic E-state index is 0.0211. The molecule has 0 aromatic heterocycles. The third-order valence-corrected chi connectivity index (χ3v) is 3.29. The zero-order chi connectivity index (χ0) is 13.3. The lowest BCUT2D eigenvalue weighted by atomic mass is 10.0. The number of aromatic carboxylic acids is 1. The van der Waals surface area contributed by atoms with Crippen molar-refractivity contribution in [2.45, 2.75) is 37.9 Å². The third-order valence-electron chi connectivity index (χ3n) is 3.29. The molecule has 0 aliphatic heterocycles. The molecule has 0 radical (unpaired) electrons. The number of hydrogen-bond donors (Lipinski definition) is 2. The second kappa shape index (κ2) is 4.57. The second-order valence-electron chi connectivity index (χ2n) is 4.81. The van der Waals surface area contributed by atoms with Crippen molar-refractivity contribution < 1.29 is 24.1 Å². The Morgan fingerprint density at radius 3 is 2.78 bits per heavy atom. The number of aliphatic hydroxyl groups is 1. The first kappa shape index (κ1) is 12.8. The van der Waals surface area contributed by atoms with E-state index >= 15 is 0 Å². The molecule has 1 aliphatic rings. The maximum absolute atomic E-state index is 13.6. The number of carboxylic acids is 1. The summed E-state index contributed by atoms with van der Waals surface area (Å²) in [5.41, 5.74) is -1.09. The highest BCUT2D eigenvalue weighted by atomic mass is 19.1. The van der Waals surface area contributed by atoms with Crippen molar-refractivity contribution in [2.75, 3.05) is 0 Å². The Balaban J connectivity index is 2.17. The van der Waals surface area contributed by atoms with Gasteiger partial charge in [0.15, 0.2) is 11.6 Å². The summed E-state index contributed by atoms with van der Waals surface area (Å²) >= 11 is 0. The predicted octanol–water partition coefficient (Wildman–Crippen LogP) is 2.21. The molecule has 0 spiro atoms. The van der Waals surface area contributed by atoms with E-state index in [-0.39, 0.29) is 11.3 Å². The SMILES string of the molecule is CC1(O)CCCC1Oc1ccc(C(=O)O)cc1F. The first-order valence-electron chi connectivity index (χ1n) is 5.82. The van der Waals surface area contributed by atoms with Gasteiger partial charge in [-0.25, -0.2) is 9.18 Å². The highest BCUT2D eigenvalue weighted by Gasteiger charge is 2.39. The Morgan fingerprint density at radius 1 is 1.56 bits per heavy atom. The number of ether oxygens (including phenoxy) is 1. The summed E-state index contributed by atoms with van der Waals surface area (Å²) in [6.07, 6.45) is 1.65. The van der Waals surface area contributed by atoms with Gasteiger partial charge in [0, 0.05) is 0 Å². The lowest BCUT2D eigenvalue weighted by Gasteiger charge is -2.26. The number of carboxylic acid groups (broad SMARTS) is 1. The van der Waals surface area contributed by atoms with Crippen LogP contribution in [0.25, 0.3) is 0 Å². The van der Waals surface area contributed by atoms with Crippen molar-refractivity contribution in [3.8, 4) is 5.75 Å². The Hall–Kier alpha value is -1.62. The zero-order valence-corrected chi connectivity index (χ0v) is 10.0. The molecule has 0 amide bonds. The highest BCUT2D eigenvalue weighted by molar-refractivity contribution is 5.87. The second-order valence-corrected chi connectivity index (χ2v) is 4.81. The van der Waals surface area contributed by atoms with E-state index in [9.17, 15) is 14.3 Å². The number of hydrogen-bond acceptors (Lipinski definition) is 3. The Kier molecular flexibility index (Phi) is 3.26. The van der Waals surface area contributed by atoms with Crippen LogP contribution < -0.4 is 4.74 Å². The average Bonchev–Trinajstić information content (AvgIpc) is 2.61. The van der Waals surface area contributed by atoms with E-state index < -0.39 is 23.5 Å². The molecule has 0 bridgehead atoms. The Morgan fingerprint density at radius 2 is 2.28 bits per heavy atom. The fourth-order valence-electron chi connectivity index (χ4n) is 2.19. The first-order chi connectivity index (χ1) is 8.40. The summed E-state index contributed by atoms with van der Waals surface area (Å²) in [6.45, 7) is 1.66. The van der Waals surface area contributed by atoms with Crippen molar-refractivity contribution in [1.82, 2.24) is 0 Å². The molecule has 0 saturated heterocycles. The van der Waals surface area contributed by atoms with Gasteiger partial charge in [-0.15, -0.1) is 0 Å². The lowest BCUT2D eigenvalue weighted by molar-refractivity contribution is -0.0265. The van der Waals surface area contributed by atoms with Crippen LogP contribution in [0.5, 0.6) is 5.75 Å². The zero-order valence-electron chi connectivity index (χ0n) is 10.0. The van der Waals surface area contributed by atoms with Crippen molar-refractivity contribution in [1.29, 1.82) is 0 Å². The third kappa shape index (κ3) is 2.46. The van der Waals surface area contributed by atoms with Crippen LogP contribution in [0.3, 0.4) is 0 Å². The number of rotatable bonds is 3. The summed E-state index contributed by atoms with van der Waals surface area (Å²) in [4.78, 5) is 10.7.